The summed E-state index contributed by atoms with van der Waals surface area (Å²) in [5, 5.41) is 6.24. The van der Waals surface area contributed by atoms with Crippen molar-refractivity contribution in [3.8, 4) is 0 Å². The summed E-state index contributed by atoms with van der Waals surface area (Å²) in [5.74, 6) is 0.403. The van der Waals surface area contributed by atoms with Gasteiger partial charge in [-0.25, -0.2) is 9.18 Å². The molecule has 2 N–H and O–H groups in total. The Hall–Kier alpha value is -2.31. The first-order valence-corrected chi connectivity index (χ1v) is 8.35. The van der Waals surface area contributed by atoms with Crippen molar-refractivity contribution in [3.63, 3.8) is 0 Å². The number of nitrogens with zero attached hydrogens (tertiary/aromatic N) is 2. The molecule has 0 aliphatic rings. The predicted molar refractivity (Wildman–Crippen MR) is 98.3 cm³/mol. The molecule has 0 radical (unpaired) electrons. The van der Waals surface area contributed by atoms with E-state index in [-0.39, 0.29) is 11.9 Å². The summed E-state index contributed by atoms with van der Waals surface area (Å²) in [6.45, 7) is 7.05. The second kappa shape index (κ2) is 9.86. The molecule has 6 nitrogen and oxygen atoms in total. The smallest absolute Gasteiger partial charge is 0.410 e. The number of nitrogens with one attached hydrogen (secondary N) is 2. The van der Waals surface area contributed by atoms with Crippen molar-refractivity contribution in [1.29, 1.82) is 0 Å². The maximum Gasteiger partial charge on any atom is 0.410 e. The van der Waals surface area contributed by atoms with E-state index in [1.807, 2.05) is 26.8 Å². The molecule has 7 heteroatoms. The van der Waals surface area contributed by atoms with Gasteiger partial charge in [0.1, 0.15) is 11.4 Å². The Morgan fingerprint density at radius 1 is 1.24 bits per heavy atom. The Balaban J connectivity index is 2.30. The molecular weight excluding hydrogens is 323 g/mol. The van der Waals surface area contributed by atoms with E-state index >= 15 is 0 Å². The molecule has 0 aromatic heterocycles. The van der Waals surface area contributed by atoms with Crippen LogP contribution in [0.2, 0.25) is 0 Å². The second-order valence-corrected chi connectivity index (χ2v) is 6.67. The van der Waals surface area contributed by atoms with Crippen molar-refractivity contribution in [1.82, 2.24) is 15.5 Å². The zero-order chi connectivity index (χ0) is 18.9. The molecule has 25 heavy (non-hydrogen) atoms. The van der Waals surface area contributed by atoms with Gasteiger partial charge in [0.25, 0.3) is 0 Å². The van der Waals surface area contributed by atoms with Gasteiger partial charge in [0.2, 0.25) is 0 Å². The number of likely N-dealkylation sites (N-methyl/N-ethyl adjacent to an activating group) is 1. The molecule has 0 aliphatic carbocycles. The van der Waals surface area contributed by atoms with Crippen LogP contribution in [0, 0.1) is 5.82 Å². The average Bonchev–Trinajstić information content (AvgIpc) is 2.53. The lowest BCUT2D eigenvalue weighted by molar-refractivity contribution is 0.0302. The average molecular weight is 352 g/mol. The van der Waals surface area contributed by atoms with Gasteiger partial charge in [0.15, 0.2) is 5.96 Å². The summed E-state index contributed by atoms with van der Waals surface area (Å²) in [4.78, 5) is 17.5. The summed E-state index contributed by atoms with van der Waals surface area (Å²) in [6, 6.07) is 6.71. The molecule has 0 unspecified atom stereocenters. The van der Waals surface area contributed by atoms with Crippen LogP contribution in [0.3, 0.4) is 0 Å². The van der Waals surface area contributed by atoms with Gasteiger partial charge in [-0.3, -0.25) is 4.99 Å². The molecule has 0 saturated heterocycles. The fourth-order valence-corrected chi connectivity index (χ4v) is 2.01. The van der Waals surface area contributed by atoms with Gasteiger partial charge in [0, 0.05) is 33.7 Å². The number of benzene rings is 1. The van der Waals surface area contributed by atoms with Crippen molar-refractivity contribution in [2.24, 2.45) is 4.99 Å². The first-order chi connectivity index (χ1) is 11.7. The maximum absolute atomic E-state index is 13.6. The highest BCUT2D eigenvalue weighted by Gasteiger charge is 2.19. The zero-order valence-electron chi connectivity index (χ0n) is 15.7. The topological polar surface area (TPSA) is 66.0 Å². The molecule has 0 spiro atoms. The Labute approximate surface area is 149 Å². The maximum atomic E-state index is 13.6. The van der Waals surface area contributed by atoms with Crippen molar-refractivity contribution in [2.75, 3.05) is 33.7 Å². The van der Waals surface area contributed by atoms with Gasteiger partial charge in [0.05, 0.1) is 0 Å². The van der Waals surface area contributed by atoms with Gasteiger partial charge >= 0.3 is 6.09 Å². The quantitative estimate of drug-likeness (QED) is 0.609. The molecule has 1 aromatic carbocycles. The molecule has 0 fully saturated rings. The standard InChI is InChI=1S/C18H29FN4O2/c1-18(2,3)25-17(24)23(5)13-12-22-16(20-4)21-11-10-14-8-6-7-9-15(14)19/h6-9H,10-13H2,1-5H3,(H2,20,21,22). The second-order valence-electron chi connectivity index (χ2n) is 6.67. The lowest BCUT2D eigenvalue weighted by Crippen LogP contribution is -2.43. The molecule has 1 aromatic rings. The summed E-state index contributed by atoms with van der Waals surface area (Å²) < 4.78 is 18.8. The molecule has 0 heterocycles. The number of ether oxygens (including phenoxy) is 1. The largest absolute Gasteiger partial charge is 0.444 e. The third kappa shape index (κ3) is 8.37. The first-order valence-electron chi connectivity index (χ1n) is 8.35. The number of guanidine groups is 1. The fourth-order valence-electron chi connectivity index (χ4n) is 2.01. The highest BCUT2D eigenvalue weighted by molar-refractivity contribution is 5.79. The van der Waals surface area contributed by atoms with Crippen LogP contribution in [0.15, 0.2) is 29.3 Å². The predicted octanol–water partition coefficient (Wildman–Crippen LogP) is 2.40. The zero-order valence-corrected chi connectivity index (χ0v) is 15.7. The Bertz CT molecular complexity index is 585. The number of rotatable bonds is 6. The summed E-state index contributed by atoms with van der Waals surface area (Å²) in [5.41, 5.74) is 0.151. The van der Waals surface area contributed by atoms with Crippen LogP contribution in [-0.4, -0.2) is 56.3 Å². The van der Waals surface area contributed by atoms with Gasteiger partial charge in [-0.15, -0.1) is 0 Å². The monoisotopic (exact) mass is 352 g/mol. The van der Waals surface area contributed by atoms with Crippen molar-refractivity contribution in [2.45, 2.75) is 32.8 Å². The highest BCUT2D eigenvalue weighted by atomic mass is 19.1. The van der Waals surface area contributed by atoms with Crippen LogP contribution in [0.4, 0.5) is 9.18 Å². The molecule has 0 saturated carbocycles. The Kier molecular flexibility index (Phi) is 8.18. The first kappa shape index (κ1) is 20.7. The van der Waals surface area contributed by atoms with Crippen molar-refractivity contribution < 1.29 is 13.9 Å². The van der Waals surface area contributed by atoms with E-state index in [0.29, 0.717) is 37.6 Å². The summed E-state index contributed by atoms with van der Waals surface area (Å²) >= 11 is 0. The minimum Gasteiger partial charge on any atom is -0.444 e. The van der Waals surface area contributed by atoms with E-state index in [1.54, 1.807) is 26.2 Å². The Morgan fingerprint density at radius 2 is 1.88 bits per heavy atom. The molecular formula is C18H29FN4O2. The van der Waals surface area contributed by atoms with E-state index in [4.69, 9.17) is 4.74 Å². The third-order valence-corrected chi connectivity index (χ3v) is 3.31. The summed E-state index contributed by atoms with van der Waals surface area (Å²) in [7, 11) is 3.35. The lowest BCUT2D eigenvalue weighted by atomic mass is 10.1. The molecule has 140 valence electrons. The Morgan fingerprint density at radius 3 is 2.48 bits per heavy atom. The van der Waals surface area contributed by atoms with Gasteiger partial charge < -0.3 is 20.3 Å². The lowest BCUT2D eigenvalue weighted by Gasteiger charge is -2.24. The van der Waals surface area contributed by atoms with E-state index in [1.165, 1.54) is 11.0 Å². The SMILES string of the molecule is CN=C(NCCc1ccccc1F)NCCN(C)C(=O)OC(C)(C)C. The molecule has 0 atom stereocenters. The van der Waals surface area contributed by atoms with Crippen molar-refractivity contribution in [3.05, 3.63) is 35.6 Å². The minimum absolute atomic E-state index is 0.203. The molecule has 0 bridgehead atoms. The summed E-state index contributed by atoms with van der Waals surface area (Å²) in [6.07, 6.45) is 0.197. The third-order valence-electron chi connectivity index (χ3n) is 3.31. The van der Waals surface area contributed by atoms with Gasteiger partial charge in [-0.05, 0) is 38.8 Å². The number of carbonyl (C=O) groups is 1. The normalized spacial score (nSPS) is 11.8. The minimum atomic E-state index is -0.511. The van der Waals surface area contributed by atoms with E-state index in [9.17, 15) is 9.18 Å². The highest BCUT2D eigenvalue weighted by Crippen LogP contribution is 2.08. The number of amides is 1. The number of carbonyl (C=O) groups excluding carboxylic acids is 1. The number of halogens is 1. The van der Waals surface area contributed by atoms with Crippen LogP contribution in [0.5, 0.6) is 0 Å². The van der Waals surface area contributed by atoms with Crippen LogP contribution >= 0.6 is 0 Å². The van der Waals surface area contributed by atoms with E-state index in [0.717, 1.165) is 0 Å². The number of hydrogen-bond acceptors (Lipinski definition) is 3. The van der Waals surface area contributed by atoms with Gasteiger partial charge in [-0.1, -0.05) is 18.2 Å². The van der Waals surface area contributed by atoms with E-state index < -0.39 is 5.60 Å². The van der Waals surface area contributed by atoms with Gasteiger partial charge in [-0.2, -0.15) is 0 Å². The number of aliphatic imine (C=N–C) groups is 1. The fraction of sp³-hybridized carbons (Fsp3) is 0.556. The molecule has 1 amide bonds. The van der Waals surface area contributed by atoms with Crippen LogP contribution in [-0.2, 0) is 11.2 Å². The van der Waals surface area contributed by atoms with Crippen LogP contribution in [0.25, 0.3) is 0 Å². The van der Waals surface area contributed by atoms with Crippen molar-refractivity contribution >= 4 is 12.1 Å². The molecule has 1 rings (SSSR count). The number of hydrogen-bond donors (Lipinski definition) is 2. The van der Waals surface area contributed by atoms with Crippen LogP contribution in [0.1, 0.15) is 26.3 Å². The van der Waals surface area contributed by atoms with Crippen LogP contribution < -0.4 is 10.6 Å². The van der Waals surface area contributed by atoms with E-state index in [2.05, 4.69) is 15.6 Å². The molecule has 0 aliphatic heterocycles.